The normalized spacial score (nSPS) is 47.3. The minimum atomic E-state index is -1.39. The Morgan fingerprint density at radius 3 is 1.97 bits per heavy atom. The highest BCUT2D eigenvalue weighted by atomic mass is 16.8. The molecule has 17 heteroatoms. The minimum Gasteiger partial charge on any atom is -0.394 e. The SMILES string of the molecule is C#C[C@H](CC[C@@H](O[C@@H]1O[C@H](CO)C[C@H](O)C1O[C@H]1C[C@@H](O[C@@H]2OC(CO)C[C@H](O)[C@H]2O)C[C@@H](CO)O1)C(C)(C)O)C1CC[C@@]2(C)C3CC=C4C(CC[C@H](O[C@H]5C[C@@H](O)C[C@@H](CO)O5)C4(C)C)[C@]3(C)CC[C@]12C. The second-order valence-electron chi connectivity index (χ2n) is 24.9. The van der Waals surface area contributed by atoms with Crippen LogP contribution in [-0.4, -0.2) is 176 Å². The Morgan fingerprint density at radius 2 is 1.32 bits per heavy atom. The molecule has 0 radical (unpaired) electrons. The summed E-state index contributed by atoms with van der Waals surface area (Å²) in [5.41, 5.74) is -0.0618. The van der Waals surface area contributed by atoms with Crippen molar-refractivity contribution in [1.29, 1.82) is 0 Å². The van der Waals surface area contributed by atoms with Gasteiger partial charge in [0.05, 0.1) is 93.1 Å². The van der Waals surface area contributed by atoms with Gasteiger partial charge in [-0.15, -0.1) is 12.3 Å². The van der Waals surface area contributed by atoms with E-state index in [1.54, 1.807) is 13.8 Å². The minimum absolute atomic E-state index is 0.0272. The number of allylic oxidation sites excluding steroid dienone is 1. The van der Waals surface area contributed by atoms with E-state index in [0.717, 1.165) is 44.9 Å². The Labute approximate surface area is 427 Å². The highest BCUT2D eigenvalue weighted by Gasteiger charge is 2.68. The highest BCUT2D eigenvalue weighted by molar-refractivity contribution is 5.31. The molecule has 0 amide bonds. The standard InChI is InChI=1S/C55H90O17/c1-9-30(37-16-17-55(8)42-13-11-38-39(53(42,6)18-19-54(37,55)7)12-15-43(51(38,2)3)70-45-21-31(60)20-33(26-56)65-45)10-14-44(52(4,5)64)71-50-48(41(62)24-36(29-59)69-50)72-46-25-32(22-34(27-57)66-46)67-49-47(63)40(61)23-35(28-58)68-49/h1,11,30-37,39-50,56-64H,10,12-29H2,2-8H3/t30-,31+,32+,33+,34+,35?,36+,37?,39?,40+,41+,42?,43+,44-,45+,46+,47-,48?,49-,50+,53+,54-,55+/m1/s1. The molecule has 0 aromatic rings. The van der Waals surface area contributed by atoms with E-state index in [4.69, 9.17) is 44.3 Å². The van der Waals surface area contributed by atoms with Gasteiger partial charge in [-0.2, -0.15) is 0 Å². The molecule has 0 bridgehead atoms. The molecule has 3 saturated carbocycles. The van der Waals surface area contributed by atoms with E-state index >= 15 is 0 Å². The van der Waals surface area contributed by atoms with Gasteiger partial charge in [0.2, 0.25) is 0 Å². The molecule has 0 aromatic carbocycles. The summed E-state index contributed by atoms with van der Waals surface area (Å²) < 4.78 is 50.0. The largest absolute Gasteiger partial charge is 0.394 e. The first-order valence-corrected chi connectivity index (χ1v) is 27.3. The number of aliphatic hydroxyl groups excluding tert-OH is 8. The summed E-state index contributed by atoms with van der Waals surface area (Å²) in [6, 6.07) is 0. The molecule has 0 spiro atoms. The molecule has 72 heavy (non-hydrogen) atoms. The van der Waals surface area contributed by atoms with Crippen LogP contribution in [0.4, 0.5) is 0 Å². The van der Waals surface area contributed by atoms with Crippen LogP contribution in [0.2, 0.25) is 0 Å². The van der Waals surface area contributed by atoms with Crippen LogP contribution in [0, 0.1) is 57.7 Å². The predicted octanol–water partition coefficient (Wildman–Crippen LogP) is 3.59. The lowest BCUT2D eigenvalue weighted by Crippen LogP contribution is -2.59. The van der Waals surface area contributed by atoms with Crippen LogP contribution in [-0.2, 0) is 37.9 Å². The monoisotopic (exact) mass is 1020 g/mol. The van der Waals surface area contributed by atoms with Gasteiger partial charge in [-0.3, -0.25) is 0 Å². The number of hydrogen-bond donors (Lipinski definition) is 9. The first kappa shape index (κ1) is 56.8. The first-order chi connectivity index (χ1) is 34.0. The molecule has 4 aliphatic heterocycles. The fourth-order valence-corrected chi connectivity index (χ4v) is 15.5. The van der Waals surface area contributed by atoms with Crippen molar-refractivity contribution in [3.05, 3.63) is 11.6 Å². The van der Waals surface area contributed by atoms with Crippen LogP contribution < -0.4 is 0 Å². The first-order valence-electron chi connectivity index (χ1n) is 27.3. The lowest BCUT2D eigenvalue weighted by atomic mass is 9.39. The van der Waals surface area contributed by atoms with Crippen LogP contribution in [0.3, 0.4) is 0 Å². The van der Waals surface area contributed by atoms with E-state index in [0.29, 0.717) is 37.5 Å². The fourth-order valence-electron chi connectivity index (χ4n) is 15.5. The van der Waals surface area contributed by atoms with Crippen LogP contribution >= 0.6 is 0 Å². The third-order valence-corrected chi connectivity index (χ3v) is 19.8. The summed E-state index contributed by atoms with van der Waals surface area (Å²) in [5, 5.41) is 94.8. The summed E-state index contributed by atoms with van der Waals surface area (Å²) in [7, 11) is 0. The summed E-state index contributed by atoms with van der Waals surface area (Å²) in [5.74, 6) is 4.22. The molecular weight excluding hydrogens is 933 g/mol. The lowest BCUT2D eigenvalue weighted by molar-refractivity contribution is -0.349. The van der Waals surface area contributed by atoms with Gasteiger partial charge in [-0.05, 0) is 106 Å². The van der Waals surface area contributed by atoms with Gasteiger partial charge in [0.1, 0.15) is 12.2 Å². The molecular formula is C55H90O17. The molecule has 4 aliphatic carbocycles. The molecule has 5 unspecified atom stereocenters. The summed E-state index contributed by atoms with van der Waals surface area (Å²) in [6.45, 7) is 14.2. The Hall–Kier alpha value is -1.38. The van der Waals surface area contributed by atoms with E-state index in [1.807, 2.05) is 0 Å². The second kappa shape index (κ2) is 22.5. The maximum Gasteiger partial charge on any atom is 0.187 e. The topological polar surface area (TPSA) is 256 Å². The van der Waals surface area contributed by atoms with Crippen molar-refractivity contribution in [2.75, 3.05) is 26.4 Å². The van der Waals surface area contributed by atoms with Crippen LogP contribution in [0.25, 0.3) is 0 Å². The molecule has 23 atom stereocenters. The zero-order chi connectivity index (χ0) is 52.1. The highest BCUT2D eigenvalue weighted by Crippen LogP contribution is 2.75. The number of rotatable bonds is 17. The zero-order valence-corrected chi connectivity index (χ0v) is 43.9. The van der Waals surface area contributed by atoms with Crippen molar-refractivity contribution in [3.8, 4) is 12.3 Å². The third-order valence-electron chi connectivity index (χ3n) is 19.8. The molecule has 412 valence electrons. The van der Waals surface area contributed by atoms with Gasteiger partial charge >= 0.3 is 0 Å². The Bertz CT molecular complexity index is 1870. The quantitative estimate of drug-likeness (QED) is 0.0746. The van der Waals surface area contributed by atoms with Crippen LogP contribution in [0.1, 0.15) is 145 Å². The van der Waals surface area contributed by atoms with Crippen molar-refractivity contribution in [3.63, 3.8) is 0 Å². The van der Waals surface area contributed by atoms with Crippen molar-refractivity contribution in [1.82, 2.24) is 0 Å². The lowest BCUT2D eigenvalue weighted by Gasteiger charge is -2.66. The summed E-state index contributed by atoms with van der Waals surface area (Å²) in [6.07, 6.45) is 4.48. The van der Waals surface area contributed by atoms with Gasteiger partial charge in [0, 0.05) is 49.9 Å². The predicted molar refractivity (Wildman–Crippen MR) is 261 cm³/mol. The van der Waals surface area contributed by atoms with Gasteiger partial charge in [-0.25, -0.2) is 0 Å². The number of hydrogen-bond acceptors (Lipinski definition) is 17. The Morgan fingerprint density at radius 1 is 0.694 bits per heavy atom. The van der Waals surface area contributed by atoms with E-state index < -0.39 is 97.9 Å². The molecule has 7 fully saturated rings. The van der Waals surface area contributed by atoms with Gasteiger partial charge < -0.3 is 83.9 Å². The maximum absolute atomic E-state index is 11.7. The van der Waals surface area contributed by atoms with Crippen molar-refractivity contribution >= 4 is 0 Å². The second-order valence-corrected chi connectivity index (χ2v) is 24.9. The fraction of sp³-hybridized carbons (Fsp3) is 0.927. The van der Waals surface area contributed by atoms with Gasteiger partial charge in [0.25, 0.3) is 0 Å². The summed E-state index contributed by atoms with van der Waals surface area (Å²) >= 11 is 0. The average molecular weight is 1020 g/mol. The van der Waals surface area contributed by atoms with Crippen molar-refractivity contribution in [2.45, 2.75) is 249 Å². The molecule has 8 rings (SSSR count). The number of fused-ring (bicyclic) bond motifs is 5. The van der Waals surface area contributed by atoms with Crippen LogP contribution in [0.5, 0.6) is 0 Å². The van der Waals surface area contributed by atoms with Crippen molar-refractivity contribution in [2.24, 2.45) is 45.3 Å². The molecule has 17 nitrogen and oxygen atoms in total. The molecule has 0 aromatic heterocycles. The third kappa shape index (κ3) is 11.2. The average Bonchev–Trinajstić information content (AvgIpc) is 3.61. The number of aliphatic hydroxyl groups is 9. The molecule has 4 heterocycles. The molecule has 8 aliphatic rings. The van der Waals surface area contributed by atoms with E-state index in [1.165, 1.54) is 5.57 Å². The van der Waals surface area contributed by atoms with E-state index in [9.17, 15) is 46.0 Å². The van der Waals surface area contributed by atoms with E-state index in [-0.39, 0.29) is 91.7 Å². The van der Waals surface area contributed by atoms with Crippen LogP contribution in [0.15, 0.2) is 11.6 Å². The molecule has 4 saturated heterocycles. The van der Waals surface area contributed by atoms with Gasteiger partial charge in [0.15, 0.2) is 25.2 Å². The number of terminal acetylenes is 1. The van der Waals surface area contributed by atoms with Gasteiger partial charge in [-0.1, -0.05) is 46.3 Å². The smallest absolute Gasteiger partial charge is 0.187 e. The summed E-state index contributed by atoms with van der Waals surface area (Å²) in [4.78, 5) is 0. The number of ether oxygens (including phenoxy) is 8. The Kier molecular flexibility index (Phi) is 17.8. The Balaban J connectivity index is 0.939. The van der Waals surface area contributed by atoms with E-state index in [2.05, 4.69) is 46.6 Å². The molecule has 9 N–H and O–H groups in total. The van der Waals surface area contributed by atoms with Crippen molar-refractivity contribution < 1.29 is 83.9 Å². The zero-order valence-electron chi connectivity index (χ0n) is 43.9. The maximum atomic E-state index is 11.7.